The van der Waals surface area contributed by atoms with Gasteiger partial charge in [0.2, 0.25) is 0 Å². The first-order chi connectivity index (χ1) is 13.1. The summed E-state index contributed by atoms with van der Waals surface area (Å²) in [5.41, 5.74) is 4.09. The van der Waals surface area contributed by atoms with Crippen molar-refractivity contribution < 1.29 is 4.92 Å². The van der Waals surface area contributed by atoms with Gasteiger partial charge in [-0.15, -0.1) is 0 Å². The summed E-state index contributed by atoms with van der Waals surface area (Å²) >= 11 is 3.48. The molecule has 0 spiro atoms. The second-order valence-electron chi connectivity index (χ2n) is 6.30. The molecule has 0 N–H and O–H groups in total. The summed E-state index contributed by atoms with van der Waals surface area (Å²) in [6.45, 7) is 0. The third kappa shape index (κ3) is 3.61. The molecule has 3 aromatic rings. The van der Waals surface area contributed by atoms with Crippen molar-refractivity contribution in [2.75, 3.05) is 5.01 Å². The van der Waals surface area contributed by atoms with Gasteiger partial charge in [-0.3, -0.25) is 15.1 Å². The topological polar surface area (TPSA) is 58.7 Å². The maximum atomic E-state index is 10.9. The number of benzene rings is 3. The summed E-state index contributed by atoms with van der Waals surface area (Å²) in [7, 11) is 0. The Hall–Kier alpha value is -2.99. The average Bonchev–Trinajstić information content (AvgIpc) is 3.15. The van der Waals surface area contributed by atoms with Crippen LogP contribution in [0.2, 0.25) is 0 Å². The van der Waals surface area contributed by atoms with E-state index in [4.69, 9.17) is 5.10 Å². The number of hydrazone groups is 1. The third-order valence-electron chi connectivity index (χ3n) is 4.60. The van der Waals surface area contributed by atoms with Crippen LogP contribution in [0, 0.1) is 10.1 Å². The van der Waals surface area contributed by atoms with Crippen LogP contribution in [0.3, 0.4) is 0 Å². The molecule has 0 fully saturated rings. The Kier molecular flexibility index (Phi) is 4.73. The highest BCUT2D eigenvalue weighted by Crippen LogP contribution is 2.37. The first-order valence-corrected chi connectivity index (χ1v) is 9.33. The molecule has 1 heterocycles. The molecule has 0 bridgehead atoms. The Labute approximate surface area is 165 Å². The monoisotopic (exact) mass is 421 g/mol. The number of halogens is 1. The summed E-state index contributed by atoms with van der Waals surface area (Å²) in [6.07, 6.45) is 0.730. The van der Waals surface area contributed by atoms with E-state index in [-0.39, 0.29) is 16.7 Å². The molecule has 5 nitrogen and oxygen atoms in total. The molecular formula is C21H16BrN3O2. The van der Waals surface area contributed by atoms with Crippen molar-refractivity contribution in [2.45, 2.75) is 12.5 Å². The van der Waals surface area contributed by atoms with Gasteiger partial charge in [0.1, 0.15) is 0 Å². The second kappa shape index (κ2) is 7.32. The van der Waals surface area contributed by atoms with Gasteiger partial charge < -0.3 is 0 Å². The zero-order valence-corrected chi connectivity index (χ0v) is 15.9. The smallest absolute Gasteiger partial charge is 0.258 e. The lowest BCUT2D eigenvalue weighted by Crippen LogP contribution is -2.18. The molecule has 0 saturated carbocycles. The third-order valence-corrected chi connectivity index (χ3v) is 5.13. The Morgan fingerprint density at radius 3 is 2.26 bits per heavy atom. The van der Waals surface area contributed by atoms with Gasteiger partial charge in [0.15, 0.2) is 0 Å². The lowest BCUT2D eigenvalue weighted by molar-refractivity contribution is -0.384. The van der Waals surface area contributed by atoms with Crippen molar-refractivity contribution in [3.8, 4) is 0 Å². The zero-order chi connectivity index (χ0) is 18.8. The van der Waals surface area contributed by atoms with Crippen LogP contribution in [0.5, 0.6) is 0 Å². The summed E-state index contributed by atoms with van der Waals surface area (Å²) in [4.78, 5) is 10.5. The number of rotatable bonds is 4. The number of anilines is 1. The minimum atomic E-state index is -0.388. The highest BCUT2D eigenvalue weighted by atomic mass is 79.9. The van der Waals surface area contributed by atoms with E-state index in [0.717, 1.165) is 27.9 Å². The normalized spacial score (nSPS) is 16.3. The fourth-order valence-corrected chi connectivity index (χ4v) is 3.49. The van der Waals surface area contributed by atoms with Crippen LogP contribution >= 0.6 is 15.9 Å². The van der Waals surface area contributed by atoms with Crippen molar-refractivity contribution in [3.63, 3.8) is 0 Å². The van der Waals surface area contributed by atoms with E-state index in [0.29, 0.717) is 0 Å². The van der Waals surface area contributed by atoms with Crippen molar-refractivity contribution in [1.82, 2.24) is 0 Å². The van der Waals surface area contributed by atoms with Crippen molar-refractivity contribution in [1.29, 1.82) is 0 Å². The van der Waals surface area contributed by atoms with Crippen molar-refractivity contribution in [2.24, 2.45) is 5.10 Å². The van der Waals surface area contributed by atoms with Crippen LogP contribution in [0.25, 0.3) is 0 Å². The van der Waals surface area contributed by atoms with Crippen LogP contribution < -0.4 is 5.01 Å². The quantitative estimate of drug-likeness (QED) is 0.400. The molecule has 1 aliphatic rings. The van der Waals surface area contributed by atoms with E-state index in [2.05, 4.69) is 28.1 Å². The van der Waals surface area contributed by atoms with Gasteiger partial charge in [0, 0.05) is 23.0 Å². The predicted molar refractivity (Wildman–Crippen MR) is 110 cm³/mol. The van der Waals surface area contributed by atoms with E-state index in [1.54, 1.807) is 12.1 Å². The summed E-state index contributed by atoms with van der Waals surface area (Å²) in [6, 6.07) is 25.0. The van der Waals surface area contributed by atoms with E-state index in [1.165, 1.54) is 17.7 Å². The molecule has 1 aliphatic heterocycles. The molecule has 0 unspecified atom stereocenters. The van der Waals surface area contributed by atoms with Crippen molar-refractivity contribution in [3.05, 3.63) is 105 Å². The fourth-order valence-electron chi connectivity index (χ4n) is 3.22. The SMILES string of the molecule is O=[N+]([O-])c1ccc(C2=NN(c3ccccc3)[C@H](c3ccc(Br)cc3)C2)cc1. The largest absolute Gasteiger partial charge is 0.269 e. The molecule has 0 aromatic heterocycles. The zero-order valence-electron chi connectivity index (χ0n) is 14.3. The van der Waals surface area contributed by atoms with Gasteiger partial charge in [-0.2, -0.15) is 5.10 Å². The number of para-hydroxylation sites is 1. The summed E-state index contributed by atoms with van der Waals surface area (Å²) < 4.78 is 1.03. The molecule has 1 atom stereocenters. The summed E-state index contributed by atoms with van der Waals surface area (Å²) in [5.74, 6) is 0. The van der Waals surface area contributed by atoms with Crippen LogP contribution in [0.15, 0.2) is 88.4 Å². The van der Waals surface area contributed by atoms with E-state index >= 15 is 0 Å². The Bertz CT molecular complexity index is 986. The van der Waals surface area contributed by atoms with Crippen LogP contribution in [0.1, 0.15) is 23.6 Å². The Balaban J connectivity index is 1.71. The first-order valence-electron chi connectivity index (χ1n) is 8.54. The lowest BCUT2D eigenvalue weighted by atomic mass is 9.98. The molecule has 134 valence electrons. The molecule has 27 heavy (non-hydrogen) atoms. The van der Waals surface area contributed by atoms with Crippen LogP contribution in [0.4, 0.5) is 11.4 Å². The standard InChI is InChI=1S/C21H16BrN3O2/c22-17-10-6-16(7-11-17)21-14-20(15-8-12-19(13-9-15)25(26)27)23-24(21)18-4-2-1-3-5-18/h1-13,21H,14H2/t21-/m0/s1. The number of nitrogens with zero attached hydrogens (tertiary/aromatic N) is 3. The van der Waals surface area contributed by atoms with Gasteiger partial charge in [0.05, 0.1) is 22.4 Å². The first kappa shape index (κ1) is 17.4. The van der Waals surface area contributed by atoms with Gasteiger partial charge in [-0.25, -0.2) is 0 Å². The number of nitro benzene ring substituents is 1. The highest BCUT2D eigenvalue weighted by Gasteiger charge is 2.30. The molecule has 4 rings (SSSR count). The molecule has 0 amide bonds. The maximum Gasteiger partial charge on any atom is 0.269 e. The molecule has 6 heteroatoms. The number of nitro groups is 1. The van der Waals surface area contributed by atoms with E-state index in [9.17, 15) is 10.1 Å². The lowest BCUT2D eigenvalue weighted by Gasteiger charge is -2.24. The van der Waals surface area contributed by atoms with Gasteiger partial charge >= 0.3 is 0 Å². The minimum absolute atomic E-state index is 0.0747. The van der Waals surface area contributed by atoms with Gasteiger partial charge in [-0.1, -0.05) is 46.3 Å². The molecular weight excluding hydrogens is 406 g/mol. The van der Waals surface area contributed by atoms with Crippen molar-refractivity contribution >= 4 is 33.0 Å². The summed E-state index contributed by atoms with van der Waals surface area (Å²) in [5, 5.41) is 17.8. The van der Waals surface area contributed by atoms with E-state index in [1.807, 2.05) is 47.5 Å². The maximum absolute atomic E-state index is 10.9. The Morgan fingerprint density at radius 1 is 0.963 bits per heavy atom. The fraction of sp³-hybridized carbons (Fsp3) is 0.0952. The van der Waals surface area contributed by atoms with Crippen LogP contribution in [-0.4, -0.2) is 10.6 Å². The Morgan fingerprint density at radius 2 is 1.63 bits per heavy atom. The van der Waals surface area contributed by atoms with Gasteiger partial charge in [0.25, 0.3) is 5.69 Å². The number of hydrogen-bond acceptors (Lipinski definition) is 4. The minimum Gasteiger partial charge on any atom is -0.258 e. The number of non-ortho nitro benzene ring substituents is 1. The second-order valence-corrected chi connectivity index (χ2v) is 7.22. The predicted octanol–water partition coefficient (Wildman–Crippen LogP) is 5.71. The average molecular weight is 422 g/mol. The van der Waals surface area contributed by atoms with Gasteiger partial charge in [-0.05, 0) is 47.5 Å². The molecule has 0 radical (unpaired) electrons. The highest BCUT2D eigenvalue weighted by molar-refractivity contribution is 9.10. The number of hydrogen-bond donors (Lipinski definition) is 0. The van der Waals surface area contributed by atoms with E-state index < -0.39 is 0 Å². The van der Waals surface area contributed by atoms with Crippen LogP contribution in [-0.2, 0) is 0 Å². The molecule has 3 aromatic carbocycles. The molecule has 0 saturated heterocycles. The molecule has 0 aliphatic carbocycles.